The molecular formula is C15H19NO4. The van der Waals surface area contributed by atoms with Gasteiger partial charge in [0.1, 0.15) is 11.4 Å². The Morgan fingerprint density at radius 1 is 1.45 bits per heavy atom. The van der Waals surface area contributed by atoms with E-state index in [-0.39, 0.29) is 0 Å². The van der Waals surface area contributed by atoms with Gasteiger partial charge in [0.05, 0.1) is 20.3 Å². The number of nitrogens with one attached hydrogen (secondary N) is 1. The topological polar surface area (TPSA) is 63.9 Å². The van der Waals surface area contributed by atoms with Gasteiger partial charge in [-0.1, -0.05) is 12.1 Å². The van der Waals surface area contributed by atoms with Gasteiger partial charge in [-0.3, -0.25) is 0 Å². The molecule has 108 valence electrons. The number of rotatable bonds is 5. The summed E-state index contributed by atoms with van der Waals surface area (Å²) in [6.45, 7) is 2.09. The number of furan rings is 1. The fourth-order valence-electron chi connectivity index (χ4n) is 2.49. The summed E-state index contributed by atoms with van der Waals surface area (Å²) in [5.74, 6) is 1.56. The Balaban J connectivity index is 1.66. The number of methoxy groups -OCH3 is 1. The summed E-state index contributed by atoms with van der Waals surface area (Å²) in [6, 6.07) is 7.79. The molecule has 1 unspecified atom stereocenters. The third-order valence-corrected chi connectivity index (χ3v) is 3.61. The van der Waals surface area contributed by atoms with Gasteiger partial charge in [0.25, 0.3) is 0 Å². The summed E-state index contributed by atoms with van der Waals surface area (Å²) < 4.78 is 16.3. The standard InChI is InChI=1S/C15H19NO4/c1-18-13-4-2-3-11-7-12(20-14(11)13)8-16-9-15(17)5-6-19-10-15/h2-4,7,16-17H,5-6,8-10H2,1H3. The highest BCUT2D eigenvalue weighted by Gasteiger charge is 2.31. The second-order valence-corrected chi connectivity index (χ2v) is 5.22. The summed E-state index contributed by atoms with van der Waals surface area (Å²) in [7, 11) is 1.63. The molecule has 2 N–H and O–H groups in total. The van der Waals surface area contributed by atoms with Crippen molar-refractivity contribution in [3.8, 4) is 5.75 Å². The van der Waals surface area contributed by atoms with Gasteiger partial charge < -0.3 is 24.3 Å². The van der Waals surface area contributed by atoms with Crippen molar-refractivity contribution >= 4 is 11.0 Å². The molecule has 1 atom stereocenters. The molecule has 1 aliphatic heterocycles. The van der Waals surface area contributed by atoms with Gasteiger partial charge >= 0.3 is 0 Å². The van der Waals surface area contributed by atoms with Crippen LogP contribution in [0, 0.1) is 0 Å². The number of para-hydroxylation sites is 1. The van der Waals surface area contributed by atoms with E-state index in [1.807, 2.05) is 24.3 Å². The molecule has 0 saturated carbocycles. The zero-order valence-corrected chi connectivity index (χ0v) is 11.5. The molecule has 1 saturated heterocycles. The second kappa shape index (κ2) is 5.44. The van der Waals surface area contributed by atoms with E-state index in [9.17, 15) is 5.11 Å². The van der Waals surface area contributed by atoms with Crippen molar-refractivity contribution in [3.05, 3.63) is 30.0 Å². The number of benzene rings is 1. The van der Waals surface area contributed by atoms with Gasteiger partial charge in [-0.2, -0.15) is 0 Å². The van der Waals surface area contributed by atoms with Gasteiger partial charge in [-0.25, -0.2) is 0 Å². The predicted molar refractivity (Wildman–Crippen MR) is 74.9 cm³/mol. The van der Waals surface area contributed by atoms with Crippen LogP contribution in [0.15, 0.2) is 28.7 Å². The minimum Gasteiger partial charge on any atom is -0.493 e. The zero-order valence-electron chi connectivity index (χ0n) is 11.5. The van der Waals surface area contributed by atoms with E-state index in [0.29, 0.717) is 32.7 Å². The van der Waals surface area contributed by atoms with E-state index in [0.717, 1.165) is 22.5 Å². The van der Waals surface area contributed by atoms with E-state index in [1.54, 1.807) is 7.11 Å². The van der Waals surface area contributed by atoms with Crippen LogP contribution in [0.1, 0.15) is 12.2 Å². The first-order chi connectivity index (χ1) is 9.70. The average molecular weight is 277 g/mol. The molecule has 0 spiro atoms. The first-order valence-corrected chi connectivity index (χ1v) is 6.76. The van der Waals surface area contributed by atoms with Gasteiger partial charge in [0, 0.05) is 25.0 Å². The maximum atomic E-state index is 10.2. The summed E-state index contributed by atoms with van der Waals surface area (Å²) in [4.78, 5) is 0. The lowest BCUT2D eigenvalue weighted by atomic mass is 10.0. The number of ether oxygens (including phenoxy) is 2. The van der Waals surface area contributed by atoms with E-state index < -0.39 is 5.60 Å². The lowest BCUT2D eigenvalue weighted by Crippen LogP contribution is -2.40. The number of aliphatic hydroxyl groups is 1. The van der Waals surface area contributed by atoms with E-state index in [4.69, 9.17) is 13.9 Å². The van der Waals surface area contributed by atoms with Crippen LogP contribution in [0.4, 0.5) is 0 Å². The molecule has 1 fully saturated rings. The molecular weight excluding hydrogens is 258 g/mol. The largest absolute Gasteiger partial charge is 0.493 e. The van der Waals surface area contributed by atoms with Crippen molar-refractivity contribution in [3.63, 3.8) is 0 Å². The fraction of sp³-hybridized carbons (Fsp3) is 0.467. The highest BCUT2D eigenvalue weighted by atomic mass is 16.5. The van der Waals surface area contributed by atoms with Crippen LogP contribution in [0.5, 0.6) is 5.75 Å². The minimum atomic E-state index is -0.746. The smallest absolute Gasteiger partial charge is 0.176 e. The summed E-state index contributed by atoms with van der Waals surface area (Å²) in [5, 5.41) is 14.4. The molecule has 2 heterocycles. The van der Waals surface area contributed by atoms with Gasteiger partial charge in [-0.15, -0.1) is 0 Å². The van der Waals surface area contributed by atoms with Crippen molar-refractivity contribution in [2.75, 3.05) is 26.9 Å². The van der Waals surface area contributed by atoms with Crippen molar-refractivity contribution in [1.29, 1.82) is 0 Å². The summed E-state index contributed by atoms with van der Waals surface area (Å²) in [5.41, 5.74) is 0.0127. The zero-order chi connectivity index (χ0) is 14.0. The van der Waals surface area contributed by atoms with E-state index >= 15 is 0 Å². The molecule has 3 rings (SSSR count). The predicted octanol–water partition coefficient (Wildman–Crippen LogP) is 1.68. The van der Waals surface area contributed by atoms with Crippen molar-refractivity contribution in [2.24, 2.45) is 0 Å². The van der Waals surface area contributed by atoms with Crippen LogP contribution in [0.2, 0.25) is 0 Å². The molecule has 2 aromatic rings. The second-order valence-electron chi connectivity index (χ2n) is 5.22. The quantitative estimate of drug-likeness (QED) is 0.870. The molecule has 1 aliphatic rings. The Kier molecular flexibility index (Phi) is 3.65. The Hall–Kier alpha value is -1.56. The molecule has 0 bridgehead atoms. The van der Waals surface area contributed by atoms with Crippen LogP contribution in [0.3, 0.4) is 0 Å². The molecule has 0 radical (unpaired) electrons. The third kappa shape index (κ3) is 2.65. The van der Waals surface area contributed by atoms with Crippen molar-refractivity contribution < 1.29 is 19.0 Å². The van der Waals surface area contributed by atoms with Gasteiger partial charge in [0.2, 0.25) is 0 Å². The molecule has 5 heteroatoms. The highest BCUT2D eigenvalue weighted by Crippen LogP contribution is 2.28. The van der Waals surface area contributed by atoms with Gasteiger partial charge in [0.15, 0.2) is 11.3 Å². The number of hydrogen-bond acceptors (Lipinski definition) is 5. The van der Waals surface area contributed by atoms with Crippen molar-refractivity contribution in [1.82, 2.24) is 5.32 Å². The first kappa shape index (κ1) is 13.4. The normalized spacial score (nSPS) is 22.5. The Bertz CT molecular complexity index is 587. The maximum absolute atomic E-state index is 10.2. The Labute approximate surface area is 117 Å². The Morgan fingerprint density at radius 2 is 2.35 bits per heavy atom. The SMILES string of the molecule is COc1cccc2cc(CNCC3(O)CCOC3)oc12. The molecule has 0 aliphatic carbocycles. The average Bonchev–Trinajstić information content (AvgIpc) is 3.04. The minimum absolute atomic E-state index is 0.397. The first-order valence-electron chi connectivity index (χ1n) is 6.76. The monoisotopic (exact) mass is 277 g/mol. The molecule has 20 heavy (non-hydrogen) atoms. The van der Waals surface area contributed by atoms with E-state index in [1.165, 1.54) is 0 Å². The molecule has 5 nitrogen and oxygen atoms in total. The molecule has 0 amide bonds. The highest BCUT2D eigenvalue weighted by molar-refractivity contribution is 5.83. The molecule has 1 aromatic carbocycles. The van der Waals surface area contributed by atoms with Gasteiger partial charge in [-0.05, 0) is 12.1 Å². The Morgan fingerprint density at radius 3 is 3.10 bits per heavy atom. The maximum Gasteiger partial charge on any atom is 0.176 e. The van der Waals surface area contributed by atoms with Crippen LogP contribution in [0.25, 0.3) is 11.0 Å². The fourth-order valence-corrected chi connectivity index (χ4v) is 2.49. The summed E-state index contributed by atoms with van der Waals surface area (Å²) >= 11 is 0. The van der Waals surface area contributed by atoms with Crippen LogP contribution >= 0.6 is 0 Å². The van der Waals surface area contributed by atoms with E-state index in [2.05, 4.69) is 5.32 Å². The molecule has 1 aromatic heterocycles. The third-order valence-electron chi connectivity index (χ3n) is 3.61. The number of hydrogen-bond donors (Lipinski definition) is 2. The lowest BCUT2D eigenvalue weighted by Gasteiger charge is -2.20. The van der Waals surface area contributed by atoms with Crippen LogP contribution in [-0.2, 0) is 11.3 Å². The van der Waals surface area contributed by atoms with Crippen LogP contribution in [-0.4, -0.2) is 37.6 Å². The lowest BCUT2D eigenvalue weighted by molar-refractivity contribution is 0.0265. The number of fused-ring (bicyclic) bond motifs is 1. The summed E-state index contributed by atoms with van der Waals surface area (Å²) in [6.07, 6.45) is 0.675. The van der Waals surface area contributed by atoms with Crippen molar-refractivity contribution in [2.45, 2.75) is 18.6 Å². The van der Waals surface area contributed by atoms with Crippen LogP contribution < -0.4 is 10.1 Å².